The van der Waals surface area contributed by atoms with Crippen molar-refractivity contribution in [2.75, 3.05) is 39.6 Å². The van der Waals surface area contributed by atoms with Crippen molar-refractivity contribution in [2.45, 2.75) is 297 Å². The lowest BCUT2D eigenvalue weighted by molar-refractivity contribution is -0.161. The maximum Gasteiger partial charge on any atom is 0.472 e. The summed E-state index contributed by atoms with van der Waals surface area (Å²) in [5, 5.41) is 10.5. The third-order valence-electron chi connectivity index (χ3n) is 13.6. The molecule has 0 aliphatic heterocycles. The monoisotopic (exact) mass is 1140 g/mol. The Morgan fingerprint density at radius 3 is 0.987 bits per heavy atom. The lowest BCUT2D eigenvalue weighted by Gasteiger charge is -2.21. The first-order valence-corrected chi connectivity index (χ1v) is 33.5. The van der Waals surface area contributed by atoms with Gasteiger partial charge in [0.2, 0.25) is 0 Å². The van der Waals surface area contributed by atoms with Crippen LogP contribution in [0.5, 0.6) is 0 Å². The minimum atomic E-state index is -4.94. The number of aliphatic hydroxyl groups excluding tert-OH is 1. The predicted octanol–water partition coefficient (Wildman–Crippen LogP) is 15.3. The standard InChI is InChI=1S/C58H112O17P2/c1-7-10-12-14-15-23-30-36-42-57(62)74-53(46-68-55(60)40-34-26-13-11-8-2)48-72-76(64,65)70-44-52(59)45-71-77(66,67)73-49-54(47-69-56(61)41-35-29-25-20-21-27-32-38-50(4)5)75-58(63)43-37-31-24-19-17-16-18-22-28-33-39-51(6)9-3/h50-54,59H,7-49H2,1-6H3,(H,64,65)(H,66,67)/t51?,52-,53+,54+/m0/s1. The van der Waals surface area contributed by atoms with Crippen LogP contribution in [-0.4, -0.2) is 96.7 Å². The van der Waals surface area contributed by atoms with Crippen molar-refractivity contribution in [2.24, 2.45) is 11.8 Å². The van der Waals surface area contributed by atoms with Crippen LogP contribution in [0.2, 0.25) is 0 Å². The van der Waals surface area contributed by atoms with E-state index in [0.29, 0.717) is 31.6 Å². The molecule has 17 nitrogen and oxygen atoms in total. The molecule has 0 aromatic heterocycles. The van der Waals surface area contributed by atoms with Gasteiger partial charge in [-0.3, -0.25) is 37.3 Å². The van der Waals surface area contributed by atoms with Crippen LogP contribution in [0.1, 0.15) is 279 Å². The van der Waals surface area contributed by atoms with Gasteiger partial charge in [0.15, 0.2) is 12.2 Å². The summed E-state index contributed by atoms with van der Waals surface area (Å²) in [6, 6.07) is 0. The third-order valence-corrected chi connectivity index (χ3v) is 15.5. The summed E-state index contributed by atoms with van der Waals surface area (Å²) in [7, 11) is -9.86. The molecular formula is C58H112O17P2. The summed E-state index contributed by atoms with van der Waals surface area (Å²) in [5.41, 5.74) is 0. The lowest BCUT2D eigenvalue weighted by Crippen LogP contribution is -2.30. The summed E-state index contributed by atoms with van der Waals surface area (Å²) < 4.78 is 67.5. The molecule has 0 bridgehead atoms. The molecule has 77 heavy (non-hydrogen) atoms. The fraction of sp³-hybridized carbons (Fsp3) is 0.931. The highest BCUT2D eigenvalue weighted by molar-refractivity contribution is 7.47. The SMILES string of the molecule is CCCCCCCCCCC(=O)O[C@H](COC(=O)CCCCCCC)COP(=O)(O)OC[C@H](O)COP(=O)(O)OC[C@@H](COC(=O)CCCCCCCCCC(C)C)OC(=O)CCCCCCCCCCCCC(C)CC. The highest BCUT2D eigenvalue weighted by Crippen LogP contribution is 2.45. The minimum absolute atomic E-state index is 0.103. The van der Waals surface area contributed by atoms with Gasteiger partial charge in [-0.1, -0.05) is 228 Å². The molecule has 0 saturated carbocycles. The number of aliphatic hydroxyl groups is 1. The van der Waals surface area contributed by atoms with Crippen molar-refractivity contribution in [1.29, 1.82) is 0 Å². The van der Waals surface area contributed by atoms with Crippen LogP contribution >= 0.6 is 15.6 Å². The Labute approximate surface area is 467 Å². The van der Waals surface area contributed by atoms with Crippen molar-refractivity contribution >= 4 is 39.5 Å². The molecule has 3 unspecified atom stereocenters. The summed E-state index contributed by atoms with van der Waals surface area (Å²) in [6.45, 7) is 9.30. The molecule has 0 aromatic carbocycles. The first-order valence-electron chi connectivity index (χ1n) is 30.5. The van der Waals surface area contributed by atoms with Crippen molar-refractivity contribution in [3.63, 3.8) is 0 Å². The Balaban J connectivity index is 5.18. The number of hydrogen-bond acceptors (Lipinski definition) is 15. The van der Waals surface area contributed by atoms with Gasteiger partial charge in [-0.2, -0.15) is 0 Å². The van der Waals surface area contributed by atoms with Gasteiger partial charge in [0, 0.05) is 25.7 Å². The normalized spacial score (nSPS) is 14.8. The summed E-state index contributed by atoms with van der Waals surface area (Å²) in [6.07, 6.45) is 31.1. The number of carbonyl (C=O) groups excluding carboxylic acids is 4. The number of phosphoric ester groups is 2. The summed E-state index contributed by atoms with van der Waals surface area (Å²) in [4.78, 5) is 71.6. The van der Waals surface area contributed by atoms with E-state index >= 15 is 0 Å². The summed E-state index contributed by atoms with van der Waals surface area (Å²) in [5.74, 6) is -0.649. The molecule has 0 aromatic rings. The van der Waals surface area contributed by atoms with E-state index < -0.39 is 97.5 Å². The molecule has 0 spiro atoms. The van der Waals surface area contributed by atoms with E-state index in [1.54, 1.807) is 0 Å². The van der Waals surface area contributed by atoms with Crippen LogP contribution in [0.4, 0.5) is 0 Å². The van der Waals surface area contributed by atoms with Crippen LogP contribution in [-0.2, 0) is 65.4 Å². The maximum absolute atomic E-state index is 12.9. The lowest BCUT2D eigenvalue weighted by atomic mass is 9.99. The molecule has 0 radical (unpaired) electrons. The van der Waals surface area contributed by atoms with Gasteiger partial charge in [0.1, 0.15) is 19.3 Å². The second-order valence-corrected chi connectivity index (χ2v) is 24.7. The molecule has 0 heterocycles. The summed E-state index contributed by atoms with van der Waals surface area (Å²) >= 11 is 0. The number of phosphoric acid groups is 2. The Bertz CT molecular complexity index is 1530. The van der Waals surface area contributed by atoms with Crippen LogP contribution in [0.15, 0.2) is 0 Å². The number of ether oxygens (including phenoxy) is 4. The Morgan fingerprint density at radius 1 is 0.377 bits per heavy atom. The van der Waals surface area contributed by atoms with E-state index in [9.17, 15) is 43.2 Å². The fourth-order valence-corrected chi connectivity index (χ4v) is 10.0. The van der Waals surface area contributed by atoms with Gasteiger partial charge >= 0.3 is 39.5 Å². The van der Waals surface area contributed by atoms with Crippen molar-refractivity contribution < 1.29 is 80.2 Å². The topological polar surface area (TPSA) is 237 Å². The van der Waals surface area contributed by atoms with Gasteiger partial charge in [-0.15, -0.1) is 0 Å². The number of carbonyl (C=O) groups is 4. The molecule has 0 aliphatic rings. The number of esters is 4. The molecule has 0 rings (SSSR count). The molecule has 0 fully saturated rings. The van der Waals surface area contributed by atoms with Crippen molar-refractivity contribution in [3.8, 4) is 0 Å². The van der Waals surface area contributed by atoms with E-state index in [1.165, 1.54) is 77.0 Å². The third kappa shape index (κ3) is 51.9. The maximum atomic E-state index is 12.9. The van der Waals surface area contributed by atoms with Crippen LogP contribution in [0.3, 0.4) is 0 Å². The van der Waals surface area contributed by atoms with E-state index in [4.69, 9.17) is 37.0 Å². The van der Waals surface area contributed by atoms with Gasteiger partial charge in [-0.05, 0) is 37.5 Å². The highest BCUT2D eigenvalue weighted by Gasteiger charge is 2.30. The Kier molecular flexibility index (Phi) is 49.7. The van der Waals surface area contributed by atoms with Crippen molar-refractivity contribution in [3.05, 3.63) is 0 Å². The van der Waals surface area contributed by atoms with E-state index in [0.717, 1.165) is 115 Å². The second kappa shape index (κ2) is 51.0. The quantitative estimate of drug-likeness (QED) is 0.0222. The van der Waals surface area contributed by atoms with E-state index in [1.807, 2.05) is 0 Å². The zero-order chi connectivity index (χ0) is 57.3. The molecule has 0 saturated heterocycles. The van der Waals surface area contributed by atoms with Crippen LogP contribution < -0.4 is 0 Å². The number of unbranched alkanes of at least 4 members (excludes halogenated alkanes) is 26. The van der Waals surface area contributed by atoms with Crippen LogP contribution in [0.25, 0.3) is 0 Å². The van der Waals surface area contributed by atoms with E-state index in [2.05, 4.69) is 41.5 Å². The fourth-order valence-electron chi connectivity index (χ4n) is 8.44. The van der Waals surface area contributed by atoms with E-state index in [-0.39, 0.29) is 25.7 Å². The average Bonchev–Trinajstić information content (AvgIpc) is 3.39. The minimum Gasteiger partial charge on any atom is -0.462 e. The molecule has 19 heteroatoms. The Hall–Kier alpha value is -1.94. The highest BCUT2D eigenvalue weighted by atomic mass is 31.2. The molecule has 0 aliphatic carbocycles. The molecule has 3 N–H and O–H groups in total. The number of rotatable bonds is 57. The first-order chi connectivity index (χ1) is 36.9. The second-order valence-electron chi connectivity index (χ2n) is 21.7. The van der Waals surface area contributed by atoms with Crippen LogP contribution in [0, 0.1) is 11.8 Å². The van der Waals surface area contributed by atoms with Gasteiger partial charge in [0.05, 0.1) is 26.4 Å². The van der Waals surface area contributed by atoms with Crippen molar-refractivity contribution in [1.82, 2.24) is 0 Å². The predicted molar refractivity (Wildman–Crippen MR) is 303 cm³/mol. The molecule has 6 atom stereocenters. The zero-order valence-electron chi connectivity index (χ0n) is 49.2. The zero-order valence-corrected chi connectivity index (χ0v) is 51.0. The smallest absolute Gasteiger partial charge is 0.462 e. The number of hydrogen-bond donors (Lipinski definition) is 3. The average molecular weight is 1140 g/mol. The first kappa shape index (κ1) is 75.1. The Morgan fingerprint density at radius 2 is 0.662 bits per heavy atom. The van der Waals surface area contributed by atoms with Gasteiger partial charge in [0.25, 0.3) is 0 Å². The molecule has 0 amide bonds. The largest absolute Gasteiger partial charge is 0.472 e. The molecular weight excluding hydrogens is 1030 g/mol. The van der Waals surface area contributed by atoms with Gasteiger partial charge in [-0.25, -0.2) is 9.13 Å². The molecule has 456 valence electrons. The van der Waals surface area contributed by atoms with Gasteiger partial charge < -0.3 is 33.8 Å².